The molecule has 0 spiro atoms. The van der Waals surface area contributed by atoms with Gasteiger partial charge in [0.2, 0.25) is 0 Å². The summed E-state index contributed by atoms with van der Waals surface area (Å²) in [5.41, 5.74) is 6.65. The molecule has 3 nitrogen and oxygen atoms in total. The van der Waals surface area contributed by atoms with Crippen LogP contribution in [-0.4, -0.2) is 26.2 Å². The Labute approximate surface area is 90.8 Å². The third-order valence-electron chi connectivity index (χ3n) is 2.63. The van der Waals surface area contributed by atoms with E-state index in [1.165, 1.54) is 5.69 Å². The van der Waals surface area contributed by atoms with Crippen LogP contribution in [0.15, 0.2) is 24.3 Å². The highest BCUT2D eigenvalue weighted by atomic mass is 16.5. The van der Waals surface area contributed by atoms with Crippen molar-refractivity contribution in [3.63, 3.8) is 0 Å². The molecule has 2 N–H and O–H groups in total. The number of anilines is 1. The van der Waals surface area contributed by atoms with Crippen LogP contribution in [0.2, 0.25) is 0 Å². The van der Waals surface area contributed by atoms with Crippen LogP contribution < -0.4 is 15.4 Å². The number of nitrogens with two attached hydrogens (primary N) is 1. The Morgan fingerprint density at radius 2 is 2.27 bits per heavy atom. The lowest BCUT2D eigenvalue weighted by Crippen LogP contribution is -2.45. The van der Waals surface area contributed by atoms with Gasteiger partial charge in [0.05, 0.1) is 0 Å². The molecule has 0 aromatic heterocycles. The highest BCUT2D eigenvalue weighted by Gasteiger charge is 2.22. The lowest BCUT2D eigenvalue weighted by atomic mass is 10.0. The molecule has 1 aromatic carbocycles. The number of benzene rings is 1. The van der Waals surface area contributed by atoms with Gasteiger partial charge in [0, 0.05) is 31.4 Å². The highest BCUT2D eigenvalue weighted by Crippen LogP contribution is 2.27. The van der Waals surface area contributed by atoms with Gasteiger partial charge in [0.15, 0.2) is 0 Å². The first-order valence-electron chi connectivity index (χ1n) is 5.47. The second-order valence-electron chi connectivity index (χ2n) is 4.14. The van der Waals surface area contributed by atoms with Gasteiger partial charge >= 0.3 is 0 Å². The first-order chi connectivity index (χ1) is 7.29. The fraction of sp³-hybridized carbons (Fsp3) is 0.500. The van der Waals surface area contributed by atoms with Gasteiger partial charge in [-0.3, -0.25) is 0 Å². The summed E-state index contributed by atoms with van der Waals surface area (Å²) in [7, 11) is 0. The molecule has 0 amide bonds. The molecule has 1 aliphatic heterocycles. The molecule has 1 heterocycles. The Morgan fingerprint density at radius 3 is 2.93 bits per heavy atom. The molecule has 15 heavy (non-hydrogen) atoms. The van der Waals surface area contributed by atoms with Crippen molar-refractivity contribution >= 4 is 5.69 Å². The zero-order valence-electron chi connectivity index (χ0n) is 9.15. The van der Waals surface area contributed by atoms with Gasteiger partial charge in [-0.25, -0.2) is 0 Å². The summed E-state index contributed by atoms with van der Waals surface area (Å²) in [6, 6.07) is 8.22. The van der Waals surface area contributed by atoms with Gasteiger partial charge in [0.25, 0.3) is 0 Å². The summed E-state index contributed by atoms with van der Waals surface area (Å²) >= 11 is 0. The molecule has 0 unspecified atom stereocenters. The number of ether oxygens (including phenoxy) is 1. The first kappa shape index (κ1) is 10.3. The van der Waals surface area contributed by atoms with E-state index in [4.69, 9.17) is 10.5 Å². The van der Waals surface area contributed by atoms with Crippen LogP contribution in [0.3, 0.4) is 0 Å². The van der Waals surface area contributed by atoms with Crippen molar-refractivity contribution in [2.45, 2.75) is 6.92 Å². The molecule has 2 rings (SSSR count). The quantitative estimate of drug-likeness (QED) is 0.811. The van der Waals surface area contributed by atoms with Gasteiger partial charge in [-0.05, 0) is 18.1 Å². The topological polar surface area (TPSA) is 38.5 Å². The van der Waals surface area contributed by atoms with Crippen molar-refractivity contribution in [1.29, 1.82) is 0 Å². The van der Waals surface area contributed by atoms with E-state index in [9.17, 15) is 0 Å². The van der Waals surface area contributed by atoms with Gasteiger partial charge in [0.1, 0.15) is 12.4 Å². The van der Waals surface area contributed by atoms with E-state index in [1.54, 1.807) is 0 Å². The van der Waals surface area contributed by atoms with Crippen LogP contribution in [0.5, 0.6) is 5.75 Å². The monoisotopic (exact) mass is 206 g/mol. The molecule has 0 atom stereocenters. The Morgan fingerprint density at radius 1 is 1.47 bits per heavy atom. The third-order valence-corrected chi connectivity index (χ3v) is 2.63. The van der Waals surface area contributed by atoms with Gasteiger partial charge in [-0.1, -0.05) is 13.0 Å². The predicted octanol–water partition coefficient (Wildman–Crippen LogP) is 1.48. The molecule has 1 saturated heterocycles. The van der Waals surface area contributed by atoms with E-state index in [0.29, 0.717) is 13.2 Å². The van der Waals surface area contributed by atoms with Crippen molar-refractivity contribution < 1.29 is 4.74 Å². The Hall–Kier alpha value is -1.22. The fourth-order valence-electron chi connectivity index (χ4n) is 1.86. The van der Waals surface area contributed by atoms with Gasteiger partial charge < -0.3 is 15.4 Å². The van der Waals surface area contributed by atoms with Crippen LogP contribution in [0.1, 0.15) is 6.92 Å². The molecule has 1 aliphatic rings. The van der Waals surface area contributed by atoms with Gasteiger partial charge in [-0.2, -0.15) is 0 Å². The molecule has 0 saturated carbocycles. The predicted molar refractivity (Wildman–Crippen MR) is 62.4 cm³/mol. The number of hydrogen-bond acceptors (Lipinski definition) is 3. The maximum atomic E-state index is 5.49. The normalized spacial score (nSPS) is 16.3. The smallest absolute Gasteiger partial charge is 0.121 e. The average molecular weight is 206 g/mol. The molecule has 3 heteroatoms. The van der Waals surface area contributed by atoms with E-state index in [2.05, 4.69) is 24.0 Å². The highest BCUT2D eigenvalue weighted by molar-refractivity contribution is 5.52. The van der Waals surface area contributed by atoms with Crippen molar-refractivity contribution in [2.24, 2.45) is 11.7 Å². The Kier molecular flexibility index (Phi) is 3.11. The summed E-state index contributed by atoms with van der Waals surface area (Å²) in [5.74, 6) is 1.73. The number of nitrogens with zero attached hydrogens (tertiary/aromatic N) is 1. The second kappa shape index (κ2) is 4.53. The Bertz CT molecular complexity index is 321. The summed E-state index contributed by atoms with van der Waals surface area (Å²) in [5, 5.41) is 0. The standard InChI is InChI=1S/C12H18N2O/c1-10-8-14(9-10)11-3-2-4-12(7-11)15-6-5-13/h2-4,7,10H,5-6,8-9,13H2,1H3. The molecule has 1 fully saturated rings. The van der Waals surface area contributed by atoms with E-state index in [-0.39, 0.29) is 0 Å². The van der Waals surface area contributed by atoms with Crippen LogP contribution >= 0.6 is 0 Å². The molecular formula is C12H18N2O. The lowest BCUT2D eigenvalue weighted by molar-refractivity contribution is 0.328. The maximum absolute atomic E-state index is 5.49. The average Bonchev–Trinajstić information content (AvgIpc) is 2.22. The Balaban J connectivity index is 1.99. The van der Waals surface area contributed by atoms with Crippen molar-refractivity contribution in [3.05, 3.63) is 24.3 Å². The zero-order chi connectivity index (χ0) is 10.7. The summed E-state index contributed by atoms with van der Waals surface area (Å²) in [6.45, 7) is 5.72. The minimum absolute atomic E-state index is 0.560. The molecule has 82 valence electrons. The van der Waals surface area contributed by atoms with Crippen LogP contribution in [0.25, 0.3) is 0 Å². The van der Waals surface area contributed by atoms with Crippen molar-refractivity contribution in [2.75, 3.05) is 31.1 Å². The SMILES string of the molecule is CC1CN(c2cccc(OCCN)c2)C1. The van der Waals surface area contributed by atoms with Crippen molar-refractivity contribution in [3.8, 4) is 5.75 Å². The minimum Gasteiger partial charge on any atom is -0.492 e. The molecule has 0 radical (unpaired) electrons. The van der Waals surface area contributed by atoms with E-state index in [1.807, 2.05) is 12.1 Å². The number of hydrogen-bond donors (Lipinski definition) is 1. The minimum atomic E-state index is 0.560. The largest absolute Gasteiger partial charge is 0.492 e. The first-order valence-corrected chi connectivity index (χ1v) is 5.47. The van der Waals surface area contributed by atoms with E-state index >= 15 is 0 Å². The summed E-state index contributed by atoms with van der Waals surface area (Å²) < 4.78 is 5.49. The lowest BCUT2D eigenvalue weighted by Gasteiger charge is -2.39. The molecule has 0 bridgehead atoms. The van der Waals surface area contributed by atoms with Gasteiger partial charge in [-0.15, -0.1) is 0 Å². The number of rotatable bonds is 4. The molecular weight excluding hydrogens is 188 g/mol. The molecule has 0 aliphatic carbocycles. The zero-order valence-corrected chi connectivity index (χ0v) is 9.15. The summed E-state index contributed by atoms with van der Waals surface area (Å²) in [4.78, 5) is 2.36. The van der Waals surface area contributed by atoms with E-state index < -0.39 is 0 Å². The third kappa shape index (κ3) is 2.42. The van der Waals surface area contributed by atoms with Crippen LogP contribution in [0, 0.1) is 5.92 Å². The van der Waals surface area contributed by atoms with Crippen LogP contribution in [0.4, 0.5) is 5.69 Å². The summed E-state index contributed by atoms with van der Waals surface area (Å²) in [6.07, 6.45) is 0. The fourth-order valence-corrected chi connectivity index (χ4v) is 1.86. The van der Waals surface area contributed by atoms with Crippen molar-refractivity contribution in [1.82, 2.24) is 0 Å². The maximum Gasteiger partial charge on any atom is 0.121 e. The van der Waals surface area contributed by atoms with E-state index in [0.717, 1.165) is 24.8 Å². The van der Waals surface area contributed by atoms with Crippen LogP contribution in [-0.2, 0) is 0 Å². The molecule has 1 aromatic rings. The second-order valence-corrected chi connectivity index (χ2v) is 4.14.